The van der Waals surface area contributed by atoms with Crippen LogP contribution in [0.4, 0.5) is 0 Å². The van der Waals surface area contributed by atoms with Crippen molar-refractivity contribution in [3.63, 3.8) is 0 Å². The number of hydrogen-bond acceptors (Lipinski definition) is 1. The van der Waals surface area contributed by atoms with Crippen LogP contribution in [0.1, 0.15) is 44.2 Å². The Kier molecular flexibility index (Phi) is 2.24. The number of aryl methyl sites for hydroxylation is 1. The van der Waals surface area contributed by atoms with Gasteiger partial charge in [-0.25, -0.2) is 0 Å². The Morgan fingerprint density at radius 2 is 2.06 bits per heavy atom. The third-order valence-corrected chi connectivity index (χ3v) is 6.39. The van der Waals surface area contributed by atoms with Crippen LogP contribution in [-0.4, -0.2) is 5.11 Å². The van der Waals surface area contributed by atoms with Crippen molar-refractivity contribution in [2.75, 3.05) is 0 Å². The molecule has 2 aliphatic rings. The maximum atomic E-state index is 10.3. The number of phenols is 1. The number of phenolic OH excluding ortho intramolecular Hbond substituents is 1. The molecule has 0 aliphatic heterocycles. The predicted octanol–water partition coefficient (Wildman–Crippen LogP) is 4.54. The van der Waals surface area contributed by atoms with Crippen molar-refractivity contribution in [2.24, 2.45) is 11.3 Å². The second-order valence-electron chi connectivity index (χ2n) is 6.31. The van der Waals surface area contributed by atoms with Crippen LogP contribution in [0.25, 0.3) is 0 Å². The zero-order valence-corrected chi connectivity index (χ0v) is 12.3. The molecule has 17 heavy (non-hydrogen) atoms. The van der Waals surface area contributed by atoms with Gasteiger partial charge in [-0.2, -0.15) is 0 Å². The molecule has 0 amide bonds. The van der Waals surface area contributed by atoms with Crippen LogP contribution in [0.15, 0.2) is 16.6 Å². The Labute approximate surface area is 111 Å². The van der Waals surface area contributed by atoms with Gasteiger partial charge in [-0.1, -0.05) is 29.8 Å². The maximum absolute atomic E-state index is 10.3. The van der Waals surface area contributed by atoms with Gasteiger partial charge in [0.2, 0.25) is 0 Å². The topological polar surface area (TPSA) is 20.2 Å². The number of benzene rings is 1. The molecule has 0 spiro atoms. The summed E-state index contributed by atoms with van der Waals surface area (Å²) in [6.07, 6.45) is 3.85. The molecule has 0 unspecified atom stereocenters. The lowest BCUT2D eigenvalue weighted by atomic mass is 9.70. The quantitative estimate of drug-likeness (QED) is 0.806. The summed E-state index contributed by atoms with van der Waals surface area (Å²) in [6, 6.07) is 4.03. The van der Waals surface area contributed by atoms with Gasteiger partial charge in [-0.3, -0.25) is 0 Å². The third kappa shape index (κ3) is 1.36. The molecule has 1 aromatic rings. The van der Waals surface area contributed by atoms with E-state index in [-0.39, 0.29) is 5.41 Å². The second kappa shape index (κ2) is 3.28. The number of halogens is 1. The van der Waals surface area contributed by atoms with Crippen LogP contribution in [0, 0.1) is 18.3 Å². The number of fused-ring (bicyclic) bond motifs is 1. The van der Waals surface area contributed by atoms with E-state index in [9.17, 15) is 5.11 Å². The van der Waals surface area contributed by atoms with Crippen molar-refractivity contribution in [3.05, 3.63) is 27.7 Å². The largest absolute Gasteiger partial charge is 0.508 e. The van der Waals surface area contributed by atoms with Crippen molar-refractivity contribution in [1.29, 1.82) is 0 Å². The average Bonchev–Trinajstić information content (AvgIpc) is 2.87. The van der Waals surface area contributed by atoms with Gasteiger partial charge in [-0.15, -0.1) is 0 Å². The normalized spacial score (nSPS) is 39.2. The molecule has 92 valence electrons. The van der Waals surface area contributed by atoms with E-state index in [2.05, 4.69) is 35.8 Å². The van der Waals surface area contributed by atoms with E-state index in [0.717, 1.165) is 21.5 Å². The molecule has 3 atom stereocenters. The summed E-state index contributed by atoms with van der Waals surface area (Å²) in [4.78, 5) is 0. The van der Waals surface area contributed by atoms with Crippen LogP contribution in [-0.2, 0) is 5.41 Å². The molecular weight excluding hydrogens is 276 g/mol. The number of aromatic hydroxyl groups is 1. The second-order valence-corrected chi connectivity index (χ2v) is 7.16. The maximum Gasteiger partial charge on any atom is 0.119 e. The summed E-state index contributed by atoms with van der Waals surface area (Å²) in [5.41, 5.74) is 2.81. The van der Waals surface area contributed by atoms with E-state index >= 15 is 0 Å². The molecule has 3 rings (SSSR count). The van der Waals surface area contributed by atoms with E-state index < -0.39 is 0 Å². The smallest absolute Gasteiger partial charge is 0.119 e. The standard InChI is InChI=1S/C15H19BrO/c1-9-6-13(17)11(7-12(9)16)14(2)5-4-10-8-15(10,14)3/h6-7,10,17H,4-5,8H2,1-3H3/t10-,14+,15+/m1/s1. The first-order valence-electron chi connectivity index (χ1n) is 6.38. The molecule has 2 fully saturated rings. The van der Waals surface area contributed by atoms with Gasteiger partial charge in [0.1, 0.15) is 5.75 Å². The first-order chi connectivity index (χ1) is 7.88. The summed E-state index contributed by atoms with van der Waals surface area (Å²) in [7, 11) is 0. The zero-order chi connectivity index (χ0) is 12.4. The van der Waals surface area contributed by atoms with E-state index in [1.165, 1.54) is 19.3 Å². The lowest BCUT2D eigenvalue weighted by molar-refractivity contribution is 0.299. The molecule has 1 nitrogen and oxygen atoms in total. The molecule has 0 heterocycles. The summed E-state index contributed by atoms with van der Waals surface area (Å²) in [5, 5.41) is 10.3. The van der Waals surface area contributed by atoms with E-state index in [1.807, 2.05) is 13.0 Å². The van der Waals surface area contributed by atoms with Crippen molar-refractivity contribution in [1.82, 2.24) is 0 Å². The van der Waals surface area contributed by atoms with Gasteiger partial charge in [0, 0.05) is 15.5 Å². The van der Waals surface area contributed by atoms with Crippen LogP contribution in [0.5, 0.6) is 5.75 Å². The molecule has 1 N–H and O–H groups in total. The first kappa shape index (κ1) is 11.6. The highest BCUT2D eigenvalue weighted by atomic mass is 79.9. The minimum Gasteiger partial charge on any atom is -0.508 e. The van der Waals surface area contributed by atoms with E-state index in [0.29, 0.717) is 11.2 Å². The molecule has 2 heteroatoms. The minimum atomic E-state index is 0.151. The van der Waals surface area contributed by atoms with Gasteiger partial charge in [-0.05, 0) is 55.2 Å². The SMILES string of the molecule is Cc1cc(O)c([C@]2(C)CC[C@@H]3C[C@@]32C)cc1Br. The molecular formula is C15H19BrO. The monoisotopic (exact) mass is 294 g/mol. The van der Waals surface area contributed by atoms with Crippen molar-refractivity contribution in [2.45, 2.75) is 45.4 Å². The summed E-state index contributed by atoms with van der Waals surface area (Å²) in [6.45, 7) is 6.74. The summed E-state index contributed by atoms with van der Waals surface area (Å²) in [5.74, 6) is 1.36. The molecule has 0 radical (unpaired) electrons. The Morgan fingerprint density at radius 3 is 2.59 bits per heavy atom. The van der Waals surface area contributed by atoms with Crippen LogP contribution < -0.4 is 0 Å². The van der Waals surface area contributed by atoms with Crippen LogP contribution >= 0.6 is 15.9 Å². The lowest BCUT2D eigenvalue weighted by Crippen LogP contribution is -2.29. The van der Waals surface area contributed by atoms with Crippen LogP contribution in [0.3, 0.4) is 0 Å². The van der Waals surface area contributed by atoms with Crippen LogP contribution in [0.2, 0.25) is 0 Å². The van der Waals surface area contributed by atoms with Gasteiger partial charge >= 0.3 is 0 Å². The minimum absolute atomic E-state index is 0.151. The Balaban J connectivity index is 2.13. The highest BCUT2D eigenvalue weighted by Gasteiger charge is 2.66. The Bertz CT molecular complexity index is 494. The highest BCUT2D eigenvalue weighted by molar-refractivity contribution is 9.10. The molecule has 0 aromatic heterocycles. The van der Waals surface area contributed by atoms with E-state index in [1.54, 1.807) is 0 Å². The van der Waals surface area contributed by atoms with Crippen molar-refractivity contribution >= 4 is 15.9 Å². The van der Waals surface area contributed by atoms with Gasteiger partial charge in [0.15, 0.2) is 0 Å². The molecule has 2 saturated carbocycles. The summed E-state index contributed by atoms with van der Waals surface area (Å²) >= 11 is 3.59. The van der Waals surface area contributed by atoms with Crippen molar-refractivity contribution < 1.29 is 5.11 Å². The fourth-order valence-corrected chi connectivity index (χ4v) is 4.19. The molecule has 1 aromatic carbocycles. The highest BCUT2D eigenvalue weighted by Crippen LogP contribution is 2.73. The summed E-state index contributed by atoms with van der Waals surface area (Å²) < 4.78 is 1.11. The zero-order valence-electron chi connectivity index (χ0n) is 10.7. The molecule has 0 bridgehead atoms. The van der Waals surface area contributed by atoms with E-state index in [4.69, 9.17) is 0 Å². The predicted molar refractivity (Wildman–Crippen MR) is 73.3 cm³/mol. The average molecular weight is 295 g/mol. The number of rotatable bonds is 1. The van der Waals surface area contributed by atoms with Crippen molar-refractivity contribution in [3.8, 4) is 5.75 Å². The Hall–Kier alpha value is -0.500. The fourth-order valence-electron chi connectivity index (χ4n) is 3.85. The molecule has 2 aliphatic carbocycles. The lowest BCUT2D eigenvalue weighted by Gasteiger charge is -2.34. The van der Waals surface area contributed by atoms with Gasteiger partial charge in [0.25, 0.3) is 0 Å². The van der Waals surface area contributed by atoms with Gasteiger partial charge < -0.3 is 5.11 Å². The first-order valence-corrected chi connectivity index (χ1v) is 7.17. The molecule has 0 saturated heterocycles. The van der Waals surface area contributed by atoms with Gasteiger partial charge in [0.05, 0.1) is 0 Å². The third-order valence-electron chi connectivity index (χ3n) is 5.54. The Morgan fingerprint density at radius 1 is 1.35 bits per heavy atom. The number of hydrogen-bond donors (Lipinski definition) is 1. The fraction of sp³-hybridized carbons (Fsp3) is 0.600.